The van der Waals surface area contributed by atoms with Crippen LogP contribution in [-0.4, -0.2) is 11.1 Å². The molecule has 0 bridgehead atoms. The lowest BCUT2D eigenvalue weighted by atomic mass is 10.2. The van der Waals surface area contributed by atoms with Gasteiger partial charge in [0.05, 0.1) is 0 Å². The summed E-state index contributed by atoms with van der Waals surface area (Å²) in [5.41, 5.74) is 0. The van der Waals surface area contributed by atoms with Gasteiger partial charge in [-0.3, -0.25) is 4.79 Å². The summed E-state index contributed by atoms with van der Waals surface area (Å²) in [4.78, 5) is 10.3. The van der Waals surface area contributed by atoms with E-state index in [-0.39, 0.29) is 6.42 Å². The summed E-state index contributed by atoms with van der Waals surface area (Å²) in [6, 6.07) is 0. The van der Waals surface area contributed by atoms with E-state index in [2.05, 4.69) is 67.7 Å². The van der Waals surface area contributed by atoms with Gasteiger partial charge in [0.25, 0.3) is 0 Å². The number of unbranched alkanes of at least 4 members (excludes halogenated alkanes) is 2. The fourth-order valence-corrected chi connectivity index (χ4v) is 1.74. The van der Waals surface area contributed by atoms with Crippen molar-refractivity contribution in [1.82, 2.24) is 0 Å². The first-order chi connectivity index (χ1) is 10.8. The second-order valence-corrected chi connectivity index (χ2v) is 5.01. The molecule has 0 amide bonds. The van der Waals surface area contributed by atoms with E-state index in [9.17, 15) is 4.79 Å². The van der Waals surface area contributed by atoms with Crippen molar-refractivity contribution in [3.8, 4) is 0 Å². The molecule has 0 unspecified atom stereocenters. The summed E-state index contributed by atoms with van der Waals surface area (Å²) in [6.45, 7) is 2.14. The highest BCUT2D eigenvalue weighted by molar-refractivity contribution is 5.66. The molecule has 0 radical (unpaired) electrons. The van der Waals surface area contributed by atoms with Crippen molar-refractivity contribution in [2.24, 2.45) is 0 Å². The molecule has 0 rings (SSSR count). The molecular formula is C20H30O2. The molecule has 0 atom stereocenters. The summed E-state index contributed by atoms with van der Waals surface area (Å²) in [5, 5.41) is 8.49. The zero-order chi connectivity index (χ0) is 16.3. The number of hydrogen-bond donors (Lipinski definition) is 1. The first kappa shape index (κ1) is 20.2. The SMILES string of the molecule is CC/C=C/C/C=C/C/C=C/C=C/CC/C=C/CCCC(=O)O. The van der Waals surface area contributed by atoms with Gasteiger partial charge in [-0.2, -0.15) is 0 Å². The summed E-state index contributed by atoms with van der Waals surface area (Å²) in [7, 11) is 0. The molecule has 0 aliphatic rings. The largest absolute Gasteiger partial charge is 0.481 e. The van der Waals surface area contributed by atoms with Gasteiger partial charge >= 0.3 is 5.97 Å². The van der Waals surface area contributed by atoms with Crippen molar-refractivity contribution in [1.29, 1.82) is 0 Å². The van der Waals surface area contributed by atoms with Crippen molar-refractivity contribution >= 4 is 5.97 Å². The highest BCUT2D eigenvalue weighted by atomic mass is 16.4. The van der Waals surface area contributed by atoms with E-state index < -0.39 is 5.97 Å². The minimum Gasteiger partial charge on any atom is -0.481 e. The monoisotopic (exact) mass is 302 g/mol. The molecule has 22 heavy (non-hydrogen) atoms. The lowest BCUT2D eigenvalue weighted by Gasteiger charge is -1.90. The van der Waals surface area contributed by atoms with Crippen LogP contribution in [0.25, 0.3) is 0 Å². The van der Waals surface area contributed by atoms with Crippen LogP contribution in [0.2, 0.25) is 0 Å². The molecule has 122 valence electrons. The van der Waals surface area contributed by atoms with Crippen LogP contribution in [-0.2, 0) is 4.79 Å². The van der Waals surface area contributed by atoms with Gasteiger partial charge in [0.1, 0.15) is 0 Å². The predicted octanol–water partition coefficient (Wildman–Crippen LogP) is 5.99. The fraction of sp³-hybridized carbons (Fsp3) is 0.450. The van der Waals surface area contributed by atoms with E-state index in [0.717, 1.165) is 44.9 Å². The summed E-state index contributed by atoms with van der Waals surface area (Å²) >= 11 is 0. The van der Waals surface area contributed by atoms with Crippen molar-refractivity contribution in [3.05, 3.63) is 60.8 Å². The first-order valence-corrected chi connectivity index (χ1v) is 8.25. The smallest absolute Gasteiger partial charge is 0.303 e. The molecule has 0 heterocycles. The molecule has 2 nitrogen and oxygen atoms in total. The van der Waals surface area contributed by atoms with Gasteiger partial charge in [0.15, 0.2) is 0 Å². The minimum absolute atomic E-state index is 0.262. The summed E-state index contributed by atoms with van der Waals surface area (Å²) in [6.07, 6.45) is 28.4. The Kier molecular flexibility index (Phi) is 15.8. The maximum absolute atomic E-state index is 10.3. The number of hydrogen-bond acceptors (Lipinski definition) is 1. The third-order valence-electron chi connectivity index (χ3n) is 2.92. The molecular weight excluding hydrogens is 272 g/mol. The Labute approximate surface area is 135 Å². The molecule has 0 aromatic carbocycles. The van der Waals surface area contributed by atoms with E-state index in [1.54, 1.807) is 0 Å². The topological polar surface area (TPSA) is 37.3 Å². The van der Waals surface area contributed by atoms with Crippen LogP contribution in [0.1, 0.15) is 58.3 Å². The Bertz CT molecular complexity index is 398. The van der Waals surface area contributed by atoms with E-state index in [0.29, 0.717) is 0 Å². The molecule has 0 aromatic rings. The number of carbonyl (C=O) groups is 1. The zero-order valence-corrected chi connectivity index (χ0v) is 13.8. The van der Waals surface area contributed by atoms with Crippen LogP contribution in [0.3, 0.4) is 0 Å². The highest BCUT2D eigenvalue weighted by Gasteiger charge is 1.92. The van der Waals surface area contributed by atoms with Crippen LogP contribution in [0, 0.1) is 0 Å². The molecule has 0 aliphatic carbocycles. The van der Waals surface area contributed by atoms with Crippen LogP contribution in [0.5, 0.6) is 0 Å². The van der Waals surface area contributed by atoms with Gasteiger partial charge in [-0.25, -0.2) is 0 Å². The van der Waals surface area contributed by atoms with Gasteiger partial charge in [-0.15, -0.1) is 0 Å². The molecule has 0 saturated heterocycles. The molecule has 0 aromatic heterocycles. The minimum atomic E-state index is -0.713. The number of carboxylic acid groups (broad SMARTS) is 1. The summed E-state index contributed by atoms with van der Waals surface area (Å²) in [5.74, 6) is -0.713. The molecule has 0 spiro atoms. The Balaban J connectivity index is 3.46. The average Bonchev–Trinajstić information content (AvgIpc) is 2.50. The van der Waals surface area contributed by atoms with Crippen molar-refractivity contribution in [2.45, 2.75) is 58.3 Å². The Morgan fingerprint density at radius 1 is 0.773 bits per heavy atom. The van der Waals surface area contributed by atoms with Gasteiger partial charge in [0.2, 0.25) is 0 Å². The lowest BCUT2D eigenvalue weighted by molar-refractivity contribution is -0.137. The molecule has 1 N–H and O–H groups in total. The first-order valence-electron chi connectivity index (χ1n) is 8.25. The number of allylic oxidation sites excluding steroid dienone is 10. The van der Waals surface area contributed by atoms with Gasteiger partial charge in [0, 0.05) is 6.42 Å². The zero-order valence-electron chi connectivity index (χ0n) is 13.8. The van der Waals surface area contributed by atoms with Crippen molar-refractivity contribution in [3.63, 3.8) is 0 Å². The molecule has 0 saturated carbocycles. The predicted molar refractivity (Wildman–Crippen MR) is 95.9 cm³/mol. The molecule has 2 heteroatoms. The van der Waals surface area contributed by atoms with Crippen LogP contribution >= 0.6 is 0 Å². The second-order valence-electron chi connectivity index (χ2n) is 5.01. The maximum Gasteiger partial charge on any atom is 0.303 e. The standard InChI is InChI=1S/C20H30O2/c1-2-3-4-5-6-7-8-9-10-11-12-13-14-15-16-17-18-19-20(21)22/h3-4,6-7,9-12,15-16H,2,5,8,13-14,17-19H2,1H3,(H,21,22)/b4-3+,7-6+,10-9+,12-11+,16-15+. The lowest BCUT2D eigenvalue weighted by Crippen LogP contribution is -1.92. The third-order valence-corrected chi connectivity index (χ3v) is 2.92. The summed E-state index contributed by atoms with van der Waals surface area (Å²) < 4.78 is 0. The number of carboxylic acids is 1. The molecule has 0 aliphatic heterocycles. The van der Waals surface area contributed by atoms with Crippen LogP contribution in [0.4, 0.5) is 0 Å². The van der Waals surface area contributed by atoms with Gasteiger partial charge < -0.3 is 5.11 Å². The Hall–Kier alpha value is -1.83. The van der Waals surface area contributed by atoms with Crippen molar-refractivity contribution < 1.29 is 9.90 Å². The van der Waals surface area contributed by atoms with E-state index in [4.69, 9.17) is 5.11 Å². The van der Waals surface area contributed by atoms with E-state index >= 15 is 0 Å². The van der Waals surface area contributed by atoms with E-state index in [1.165, 1.54) is 0 Å². The average molecular weight is 302 g/mol. The molecule has 0 fully saturated rings. The van der Waals surface area contributed by atoms with Crippen molar-refractivity contribution in [2.75, 3.05) is 0 Å². The van der Waals surface area contributed by atoms with E-state index in [1.807, 2.05) is 0 Å². The number of aliphatic carboxylic acids is 1. The second kappa shape index (κ2) is 17.2. The van der Waals surface area contributed by atoms with Gasteiger partial charge in [-0.05, 0) is 44.9 Å². The van der Waals surface area contributed by atoms with Gasteiger partial charge in [-0.1, -0.05) is 67.7 Å². The third kappa shape index (κ3) is 18.2. The van der Waals surface area contributed by atoms with Crippen LogP contribution < -0.4 is 0 Å². The normalized spacial score (nSPS) is 12.8. The Morgan fingerprint density at radius 3 is 2.09 bits per heavy atom. The van der Waals surface area contributed by atoms with Crippen LogP contribution in [0.15, 0.2) is 60.8 Å². The quantitative estimate of drug-likeness (QED) is 0.258. The Morgan fingerprint density at radius 2 is 1.36 bits per heavy atom. The maximum atomic E-state index is 10.3. The highest BCUT2D eigenvalue weighted by Crippen LogP contribution is 2.00. The fourth-order valence-electron chi connectivity index (χ4n) is 1.74. The number of rotatable bonds is 13.